The summed E-state index contributed by atoms with van der Waals surface area (Å²) >= 11 is 0. The first-order valence-corrected chi connectivity index (χ1v) is 12.0. The van der Waals surface area contributed by atoms with Gasteiger partial charge >= 0.3 is 5.69 Å². The van der Waals surface area contributed by atoms with Crippen LogP contribution in [0.5, 0.6) is 11.5 Å². The van der Waals surface area contributed by atoms with E-state index in [9.17, 15) is 9.59 Å². The number of aromatic nitrogens is 4. The highest BCUT2D eigenvalue weighted by molar-refractivity contribution is 5.93. The highest BCUT2D eigenvalue weighted by Gasteiger charge is 2.40. The normalized spacial score (nSPS) is 19.5. The number of unbranched alkanes of at least 4 members (excludes halogenated alkanes) is 1. The van der Waals surface area contributed by atoms with E-state index < -0.39 is 0 Å². The molecule has 4 aromatic rings. The maximum atomic E-state index is 13.1. The summed E-state index contributed by atoms with van der Waals surface area (Å²) < 4.78 is 12.9. The van der Waals surface area contributed by atoms with Gasteiger partial charge in [0.1, 0.15) is 17.8 Å². The Kier molecular flexibility index (Phi) is 5.49. The molecule has 1 saturated heterocycles. The summed E-state index contributed by atoms with van der Waals surface area (Å²) in [6, 6.07) is 9.47. The molecule has 35 heavy (non-hydrogen) atoms. The van der Waals surface area contributed by atoms with Crippen molar-refractivity contribution >= 4 is 21.8 Å². The fourth-order valence-corrected chi connectivity index (χ4v) is 5.57. The summed E-state index contributed by atoms with van der Waals surface area (Å²) in [6.45, 7) is 3.97. The van der Waals surface area contributed by atoms with Crippen LogP contribution in [0.2, 0.25) is 0 Å². The minimum Gasteiger partial charge on any atom is -0.496 e. The third kappa shape index (κ3) is 3.85. The molecule has 4 heterocycles. The molecule has 1 N–H and O–H groups in total. The van der Waals surface area contributed by atoms with Crippen LogP contribution in [0.25, 0.3) is 21.8 Å². The number of H-pyrrole nitrogens is 1. The van der Waals surface area contributed by atoms with Gasteiger partial charge in [0, 0.05) is 48.6 Å². The highest BCUT2D eigenvalue weighted by Crippen LogP contribution is 2.46. The van der Waals surface area contributed by atoms with Gasteiger partial charge in [0.25, 0.3) is 5.56 Å². The number of aromatic amines is 1. The van der Waals surface area contributed by atoms with E-state index in [-0.39, 0.29) is 11.2 Å². The Hall–Kier alpha value is -3.72. The lowest BCUT2D eigenvalue weighted by Crippen LogP contribution is -2.35. The van der Waals surface area contributed by atoms with Crippen molar-refractivity contribution in [2.75, 3.05) is 33.4 Å². The molecule has 0 spiro atoms. The average molecular weight is 474 g/mol. The van der Waals surface area contributed by atoms with Crippen LogP contribution in [-0.4, -0.2) is 57.8 Å². The van der Waals surface area contributed by atoms with E-state index in [0.717, 1.165) is 56.0 Å². The molecule has 0 unspecified atom stereocenters. The summed E-state index contributed by atoms with van der Waals surface area (Å²) in [7, 11) is 1.71. The molecule has 2 aliphatic heterocycles. The monoisotopic (exact) mass is 473 g/mol. The van der Waals surface area contributed by atoms with E-state index in [4.69, 9.17) is 9.47 Å². The first-order chi connectivity index (χ1) is 17.1. The predicted molar refractivity (Wildman–Crippen MR) is 132 cm³/mol. The lowest BCUT2D eigenvalue weighted by atomic mass is 9.86. The Morgan fingerprint density at radius 1 is 1.17 bits per heavy atom. The zero-order chi connectivity index (χ0) is 23.9. The smallest absolute Gasteiger partial charge is 0.328 e. The van der Waals surface area contributed by atoms with Gasteiger partial charge in [-0.3, -0.25) is 9.36 Å². The molecular formula is C26H27N5O4. The van der Waals surface area contributed by atoms with E-state index >= 15 is 0 Å². The molecule has 2 aromatic carbocycles. The van der Waals surface area contributed by atoms with E-state index in [0.29, 0.717) is 34.8 Å². The van der Waals surface area contributed by atoms with Crippen molar-refractivity contribution in [1.29, 1.82) is 0 Å². The predicted octanol–water partition coefficient (Wildman–Crippen LogP) is 2.53. The SMILES string of the molecule is COc1cccc2c1[C@@H]1CN(CCCCn3c(=O)[nH]c4cc5ncncc5cc4c3=O)C[C@H]1CO2. The summed E-state index contributed by atoms with van der Waals surface area (Å²) in [5, 5.41) is 1.25. The van der Waals surface area contributed by atoms with Crippen molar-refractivity contribution in [3.63, 3.8) is 0 Å². The van der Waals surface area contributed by atoms with E-state index in [1.54, 1.807) is 25.4 Å². The van der Waals surface area contributed by atoms with Crippen molar-refractivity contribution in [2.45, 2.75) is 25.3 Å². The number of rotatable bonds is 6. The van der Waals surface area contributed by atoms with E-state index in [1.807, 2.05) is 18.2 Å². The quantitative estimate of drug-likeness (QED) is 0.339. The van der Waals surface area contributed by atoms with Gasteiger partial charge in [-0.15, -0.1) is 0 Å². The lowest BCUT2D eigenvalue weighted by molar-refractivity contribution is 0.209. The fraction of sp³-hybridized carbons (Fsp3) is 0.385. The molecule has 0 radical (unpaired) electrons. The standard InChI is InChI=1S/C26H27N5O4/c1-34-22-5-4-6-23-24(22)19-13-30(12-17(19)14-35-23)7-2-3-8-31-25(32)18-9-16-11-27-15-28-20(16)10-21(18)29-26(31)33/h4-6,9-11,15,17,19H,2-3,7-8,12-14H2,1H3,(H,29,33)/t17-,19+/m0/s1. The van der Waals surface area contributed by atoms with Gasteiger partial charge < -0.3 is 19.4 Å². The van der Waals surface area contributed by atoms with Crippen LogP contribution in [0, 0.1) is 5.92 Å². The summed E-state index contributed by atoms with van der Waals surface area (Å²) in [5.41, 5.74) is 1.71. The van der Waals surface area contributed by atoms with Crippen molar-refractivity contribution in [2.24, 2.45) is 5.92 Å². The first kappa shape index (κ1) is 21.8. The number of nitrogens with one attached hydrogen (secondary N) is 1. The second-order valence-electron chi connectivity index (χ2n) is 9.38. The molecule has 9 heteroatoms. The van der Waals surface area contributed by atoms with Gasteiger partial charge in [-0.2, -0.15) is 0 Å². The summed E-state index contributed by atoms with van der Waals surface area (Å²) in [6.07, 6.45) is 4.76. The Morgan fingerprint density at radius 3 is 2.94 bits per heavy atom. The molecule has 0 aliphatic carbocycles. The van der Waals surface area contributed by atoms with Crippen LogP contribution in [-0.2, 0) is 6.54 Å². The van der Waals surface area contributed by atoms with Crippen molar-refractivity contribution in [3.8, 4) is 11.5 Å². The Balaban J connectivity index is 1.13. The lowest BCUT2D eigenvalue weighted by Gasteiger charge is -2.29. The van der Waals surface area contributed by atoms with Gasteiger partial charge in [-0.1, -0.05) is 6.07 Å². The molecule has 2 atom stereocenters. The number of ether oxygens (including phenoxy) is 2. The van der Waals surface area contributed by atoms with Crippen molar-refractivity contribution < 1.29 is 9.47 Å². The number of likely N-dealkylation sites (tertiary alicyclic amines) is 1. The second-order valence-corrected chi connectivity index (χ2v) is 9.38. The van der Waals surface area contributed by atoms with Crippen LogP contribution in [0.1, 0.15) is 24.3 Å². The van der Waals surface area contributed by atoms with Crippen LogP contribution in [0.4, 0.5) is 0 Å². The number of fused-ring (bicyclic) bond motifs is 5. The number of hydrogen-bond donors (Lipinski definition) is 1. The van der Waals surface area contributed by atoms with Crippen LogP contribution < -0.4 is 20.7 Å². The first-order valence-electron chi connectivity index (χ1n) is 12.0. The highest BCUT2D eigenvalue weighted by atomic mass is 16.5. The Labute approximate surface area is 201 Å². The van der Waals surface area contributed by atoms with Gasteiger partial charge in [0.05, 0.1) is 30.1 Å². The van der Waals surface area contributed by atoms with Gasteiger partial charge in [0.15, 0.2) is 0 Å². The third-order valence-electron chi connectivity index (χ3n) is 7.30. The minimum absolute atomic E-state index is 0.275. The molecule has 0 bridgehead atoms. The van der Waals surface area contributed by atoms with E-state index in [1.165, 1.54) is 16.5 Å². The topological polar surface area (TPSA) is 102 Å². The molecule has 0 saturated carbocycles. The fourth-order valence-electron chi connectivity index (χ4n) is 5.57. The van der Waals surface area contributed by atoms with Gasteiger partial charge in [0.2, 0.25) is 0 Å². The zero-order valence-corrected chi connectivity index (χ0v) is 19.6. The van der Waals surface area contributed by atoms with Gasteiger partial charge in [-0.05, 0) is 43.7 Å². The van der Waals surface area contributed by atoms with Crippen molar-refractivity contribution in [3.05, 3.63) is 69.3 Å². The Morgan fingerprint density at radius 2 is 2.06 bits per heavy atom. The Bertz CT molecular complexity index is 1510. The third-order valence-corrected chi connectivity index (χ3v) is 7.30. The zero-order valence-electron chi connectivity index (χ0n) is 19.6. The number of nitrogens with zero attached hydrogens (tertiary/aromatic N) is 4. The summed E-state index contributed by atoms with van der Waals surface area (Å²) in [5.74, 6) is 2.68. The maximum absolute atomic E-state index is 13.1. The molecule has 9 nitrogen and oxygen atoms in total. The summed E-state index contributed by atoms with van der Waals surface area (Å²) in [4.78, 5) is 39.2. The number of hydrogen-bond acceptors (Lipinski definition) is 7. The minimum atomic E-state index is -0.385. The molecule has 2 aromatic heterocycles. The molecule has 180 valence electrons. The average Bonchev–Trinajstić information content (AvgIpc) is 3.30. The molecule has 0 amide bonds. The molecule has 2 aliphatic rings. The number of methoxy groups -OCH3 is 1. The van der Waals surface area contributed by atoms with Gasteiger partial charge in [-0.25, -0.2) is 14.8 Å². The maximum Gasteiger partial charge on any atom is 0.328 e. The molecule has 1 fully saturated rings. The molecular weight excluding hydrogens is 446 g/mol. The van der Waals surface area contributed by atoms with E-state index in [2.05, 4.69) is 19.9 Å². The molecule has 6 rings (SSSR count). The number of benzene rings is 2. The van der Waals surface area contributed by atoms with Crippen LogP contribution >= 0.6 is 0 Å². The van der Waals surface area contributed by atoms with Crippen LogP contribution in [0.3, 0.4) is 0 Å². The second kappa shape index (κ2) is 8.81. The van der Waals surface area contributed by atoms with Crippen molar-refractivity contribution in [1.82, 2.24) is 24.4 Å². The van der Waals surface area contributed by atoms with Crippen LogP contribution in [0.15, 0.2) is 52.4 Å². The largest absolute Gasteiger partial charge is 0.496 e.